The van der Waals surface area contributed by atoms with Gasteiger partial charge in [0.2, 0.25) is 0 Å². The van der Waals surface area contributed by atoms with Crippen molar-refractivity contribution in [2.75, 3.05) is 0 Å². The monoisotopic (exact) mass is 281 g/mol. The van der Waals surface area contributed by atoms with Crippen molar-refractivity contribution in [2.24, 2.45) is 0 Å². The minimum atomic E-state index is 0.567. The van der Waals surface area contributed by atoms with E-state index in [0.29, 0.717) is 22.8 Å². The number of halogens is 1. The highest BCUT2D eigenvalue weighted by atomic mass is 35.5. The molecule has 2 aromatic heterocycles. The number of rotatable bonds is 2. The van der Waals surface area contributed by atoms with Crippen LogP contribution in [0.2, 0.25) is 5.02 Å². The molecular formula is C16H12ClN3. The minimum Gasteiger partial charge on any atom is -0.291 e. The average molecular weight is 282 g/mol. The van der Waals surface area contributed by atoms with Crippen LogP contribution in [0, 0.1) is 18.3 Å². The summed E-state index contributed by atoms with van der Waals surface area (Å²) in [5, 5.41) is 9.97. The summed E-state index contributed by atoms with van der Waals surface area (Å²) >= 11 is 5.96. The van der Waals surface area contributed by atoms with E-state index in [0.717, 1.165) is 11.3 Å². The SMILES string of the molecule is Cc1ccc(Cc2nc3cc(Cl)ccn3c2C#N)cc1. The van der Waals surface area contributed by atoms with Crippen LogP contribution in [0.4, 0.5) is 0 Å². The number of nitrogens with zero attached hydrogens (tertiary/aromatic N) is 3. The summed E-state index contributed by atoms with van der Waals surface area (Å²) in [4.78, 5) is 4.52. The first-order valence-electron chi connectivity index (χ1n) is 6.29. The summed E-state index contributed by atoms with van der Waals surface area (Å²) in [6.45, 7) is 2.05. The molecule has 0 fully saturated rings. The zero-order valence-electron chi connectivity index (χ0n) is 11.0. The molecule has 0 aliphatic rings. The normalized spacial score (nSPS) is 10.7. The number of benzene rings is 1. The van der Waals surface area contributed by atoms with Crippen molar-refractivity contribution in [3.05, 3.63) is 70.1 Å². The fraction of sp³-hybridized carbons (Fsp3) is 0.125. The smallest absolute Gasteiger partial charge is 0.148 e. The summed E-state index contributed by atoms with van der Waals surface area (Å²) in [6.07, 6.45) is 2.42. The van der Waals surface area contributed by atoms with Gasteiger partial charge in [-0.05, 0) is 18.6 Å². The summed E-state index contributed by atoms with van der Waals surface area (Å²) in [7, 11) is 0. The zero-order chi connectivity index (χ0) is 14.1. The highest BCUT2D eigenvalue weighted by Gasteiger charge is 2.12. The number of fused-ring (bicyclic) bond motifs is 1. The Balaban J connectivity index is 2.07. The zero-order valence-corrected chi connectivity index (χ0v) is 11.7. The van der Waals surface area contributed by atoms with Crippen molar-refractivity contribution in [3.63, 3.8) is 0 Å². The third-order valence-electron chi connectivity index (χ3n) is 3.26. The summed E-state index contributed by atoms with van der Waals surface area (Å²) in [5.41, 5.74) is 4.41. The van der Waals surface area contributed by atoms with Gasteiger partial charge in [0.05, 0.1) is 5.69 Å². The van der Waals surface area contributed by atoms with Gasteiger partial charge in [-0.25, -0.2) is 4.98 Å². The Kier molecular flexibility index (Phi) is 3.17. The molecule has 0 spiro atoms. The largest absolute Gasteiger partial charge is 0.291 e. The lowest BCUT2D eigenvalue weighted by molar-refractivity contribution is 1.09. The van der Waals surface area contributed by atoms with Gasteiger partial charge in [-0.1, -0.05) is 41.4 Å². The maximum Gasteiger partial charge on any atom is 0.148 e. The quantitative estimate of drug-likeness (QED) is 0.718. The summed E-state index contributed by atoms with van der Waals surface area (Å²) in [5.74, 6) is 0. The van der Waals surface area contributed by atoms with Crippen molar-refractivity contribution in [3.8, 4) is 6.07 Å². The molecule has 4 heteroatoms. The van der Waals surface area contributed by atoms with E-state index in [1.807, 2.05) is 0 Å². The van der Waals surface area contributed by atoms with Gasteiger partial charge in [0.25, 0.3) is 0 Å². The van der Waals surface area contributed by atoms with Gasteiger partial charge < -0.3 is 0 Å². The van der Waals surface area contributed by atoms with Crippen LogP contribution in [0.25, 0.3) is 5.65 Å². The maximum atomic E-state index is 9.35. The first-order chi connectivity index (χ1) is 9.67. The molecule has 0 atom stereocenters. The molecule has 0 radical (unpaired) electrons. The Labute approximate surface area is 122 Å². The van der Waals surface area contributed by atoms with Gasteiger partial charge in [-0.2, -0.15) is 5.26 Å². The predicted molar refractivity (Wildman–Crippen MR) is 78.9 cm³/mol. The Morgan fingerprint density at radius 1 is 1.25 bits per heavy atom. The van der Waals surface area contributed by atoms with Crippen molar-refractivity contribution in [1.82, 2.24) is 9.38 Å². The molecule has 0 aliphatic carbocycles. The Bertz CT molecular complexity index is 810. The standard InChI is InChI=1S/C16H12ClN3/c1-11-2-4-12(5-3-11)8-14-15(10-18)20-7-6-13(17)9-16(20)19-14/h2-7,9H,8H2,1H3. The van der Waals surface area contributed by atoms with Crippen LogP contribution in [0.1, 0.15) is 22.5 Å². The molecule has 2 heterocycles. The Hall–Kier alpha value is -2.31. The van der Waals surface area contributed by atoms with Gasteiger partial charge in [-0.15, -0.1) is 0 Å². The number of imidazole rings is 1. The molecule has 3 rings (SSSR count). The van der Waals surface area contributed by atoms with Crippen LogP contribution >= 0.6 is 11.6 Å². The molecule has 0 saturated heterocycles. The van der Waals surface area contributed by atoms with E-state index in [2.05, 4.69) is 42.2 Å². The number of hydrogen-bond acceptors (Lipinski definition) is 2. The van der Waals surface area contributed by atoms with Crippen LogP contribution < -0.4 is 0 Å². The third-order valence-corrected chi connectivity index (χ3v) is 3.49. The average Bonchev–Trinajstić information content (AvgIpc) is 2.77. The fourth-order valence-electron chi connectivity index (χ4n) is 2.21. The molecule has 0 unspecified atom stereocenters. The van der Waals surface area contributed by atoms with Gasteiger partial charge in [0.1, 0.15) is 17.4 Å². The lowest BCUT2D eigenvalue weighted by Crippen LogP contribution is -1.93. The number of aryl methyl sites for hydroxylation is 1. The van der Waals surface area contributed by atoms with Crippen molar-refractivity contribution < 1.29 is 0 Å². The van der Waals surface area contributed by atoms with E-state index in [-0.39, 0.29) is 0 Å². The van der Waals surface area contributed by atoms with Gasteiger partial charge in [0, 0.05) is 23.7 Å². The third kappa shape index (κ3) is 2.26. The number of pyridine rings is 1. The molecule has 0 N–H and O–H groups in total. The molecule has 0 amide bonds. The van der Waals surface area contributed by atoms with Crippen LogP contribution in [0.15, 0.2) is 42.6 Å². The van der Waals surface area contributed by atoms with Gasteiger partial charge in [0.15, 0.2) is 0 Å². The van der Waals surface area contributed by atoms with Crippen LogP contribution in [0.5, 0.6) is 0 Å². The molecule has 0 saturated carbocycles. The highest BCUT2D eigenvalue weighted by Crippen LogP contribution is 2.19. The summed E-state index contributed by atoms with van der Waals surface area (Å²) in [6, 6.07) is 14.0. The molecule has 20 heavy (non-hydrogen) atoms. The second-order valence-electron chi connectivity index (χ2n) is 4.75. The summed E-state index contributed by atoms with van der Waals surface area (Å²) < 4.78 is 1.77. The van der Waals surface area contributed by atoms with Gasteiger partial charge >= 0.3 is 0 Å². The Morgan fingerprint density at radius 3 is 2.70 bits per heavy atom. The highest BCUT2D eigenvalue weighted by molar-refractivity contribution is 6.30. The van der Waals surface area contributed by atoms with E-state index in [9.17, 15) is 5.26 Å². The van der Waals surface area contributed by atoms with Crippen molar-refractivity contribution in [1.29, 1.82) is 5.26 Å². The molecule has 1 aromatic carbocycles. The molecule has 3 nitrogen and oxygen atoms in total. The Morgan fingerprint density at radius 2 is 2.00 bits per heavy atom. The number of aromatic nitrogens is 2. The number of hydrogen-bond donors (Lipinski definition) is 0. The van der Waals surface area contributed by atoms with Crippen LogP contribution in [-0.4, -0.2) is 9.38 Å². The van der Waals surface area contributed by atoms with Gasteiger partial charge in [-0.3, -0.25) is 4.40 Å². The van der Waals surface area contributed by atoms with E-state index in [1.54, 1.807) is 22.7 Å². The van der Waals surface area contributed by atoms with E-state index in [1.165, 1.54) is 5.56 Å². The molecular weight excluding hydrogens is 270 g/mol. The molecule has 0 aliphatic heterocycles. The molecule has 3 aromatic rings. The van der Waals surface area contributed by atoms with Crippen LogP contribution in [-0.2, 0) is 6.42 Å². The van der Waals surface area contributed by atoms with E-state index < -0.39 is 0 Å². The second-order valence-corrected chi connectivity index (χ2v) is 5.19. The van der Waals surface area contributed by atoms with Crippen molar-refractivity contribution in [2.45, 2.75) is 13.3 Å². The fourth-order valence-corrected chi connectivity index (χ4v) is 2.36. The molecule has 98 valence electrons. The number of nitriles is 1. The predicted octanol–water partition coefficient (Wildman–Crippen LogP) is 3.76. The van der Waals surface area contributed by atoms with E-state index >= 15 is 0 Å². The molecule has 0 bridgehead atoms. The first kappa shape index (κ1) is 12.7. The second kappa shape index (κ2) is 4.99. The topological polar surface area (TPSA) is 41.1 Å². The first-order valence-corrected chi connectivity index (χ1v) is 6.67. The lowest BCUT2D eigenvalue weighted by Gasteiger charge is -2.00. The lowest BCUT2D eigenvalue weighted by atomic mass is 10.1. The van der Waals surface area contributed by atoms with Crippen LogP contribution in [0.3, 0.4) is 0 Å². The van der Waals surface area contributed by atoms with Crippen molar-refractivity contribution >= 4 is 17.2 Å². The van der Waals surface area contributed by atoms with E-state index in [4.69, 9.17) is 11.6 Å². The minimum absolute atomic E-state index is 0.567. The maximum absolute atomic E-state index is 9.35.